The molecule has 4 nitrogen and oxygen atoms in total. The first-order valence-corrected chi connectivity index (χ1v) is 8.72. The van der Waals surface area contributed by atoms with Crippen LogP contribution in [0.3, 0.4) is 0 Å². The molecule has 1 saturated carbocycles. The summed E-state index contributed by atoms with van der Waals surface area (Å²) in [6.45, 7) is 2.92. The first kappa shape index (κ1) is 16.7. The Balaban J connectivity index is 1.66. The van der Waals surface area contributed by atoms with Gasteiger partial charge in [0.1, 0.15) is 0 Å². The molecule has 1 heterocycles. The van der Waals surface area contributed by atoms with Gasteiger partial charge in [-0.1, -0.05) is 23.7 Å². The highest BCUT2D eigenvalue weighted by Gasteiger charge is 2.46. The van der Waals surface area contributed by atoms with Crippen molar-refractivity contribution in [1.82, 2.24) is 10.6 Å². The summed E-state index contributed by atoms with van der Waals surface area (Å²) in [7, 11) is 1.67. The Bertz CT molecular complexity index is 560. The van der Waals surface area contributed by atoms with Gasteiger partial charge in [0.2, 0.25) is 5.91 Å². The summed E-state index contributed by atoms with van der Waals surface area (Å²) < 4.78 is 5.35. The van der Waals surface area contributed by atoms with Crippen molar-refractivity contribution in [3.05, 3.63) is 34.9 Å². The minimum absolute atomic E-state index is 0.0712. The Morgan fingerprint density at radius 3 is 2.65 bits per heavy atom. The second-order valence-electron chi connectivity index (χ2n) is 6.94. The minimum Gasteiger partial charge on any atom is -0.384 e. The van der Waals surface area contributed by atoms with Gasteiger partial charge >= 0.3 is 0 Å². The Morgan fingerprint density at radius 2 is 2.04 bits per heavy atom. The summed E-state index contributed by atoms with van der Waals surface area (Å²) in [5.74, 6) is 0.133. The lowest BCUT2D eigenvalue weighted by Crippen LogP contribution is -2.51. The number of halogens is 1. The van der Waals surface area contributed by atoms with E-state index in [0.29, 0.717) is 13.2 Å². The van der Waals surface area contributed by atoms with E-state index in [1.54, 1.807) is 7.11 Å². The van der Waals surface area contributed by atoms with Crippen LogP contribution in [0, 0.1) is 5.41 Å². The van der Waals surface area contributed by atoms with Gasteiger partial charge in [0.05, 0.1) is 12.0 Å². The maximum absolute atomic E-state index is 12.8. The summed E-state index contributed by atoms with van der Waals surface area (Å²) in [5.41, 5.74) is 0.919. The summed E-state index contributed by atoms with van der Waals surface area (Å²) in [6, 6.07) is 8.01. The van der Waals surface area contributed by atoms with E-state index in [-0.39, 0.29) is 16.7 Å². The smallest absolute Gasteiger partial charge is 0.228 e. The van der Waals surface area contributed by atoms with E-state index < -0.39 is 0 Å². The van der Waals surface area contributed by atoms with Crippen LogP contribution in [-0.2, 0) is 14.9 Å². The molecule has 2 aliphatic rings. The van der Waals surface area contributed by atoms with Gasteiger partial charge in [0.15, 0.2) is 0 Å². The lowest BCUT2D eigenvalue weighted by atomic mass is 9.78. The molecular weight excluding hydrogens is 312 g/mol. The molecule has 1 aromatic rings. The largest absolute Gasteiger partial charge is 0.384 e. The molecule has 1 aliphatic carbocycles. The van der Waals surface area contributed by atoms with Crippen molar-refractivity contribution in [3.8, 4) is 0 Å². The number of ether oxygens (including phenoxy) is 1. The van der Waals surface area contributed by atoms with Crippen molar-refractivity contribution < 1.29 is 9.53 Å². The third-order valence-corrected chi connectivity index (χ3v) is 5.58. The second kappa shape index (κ2) is 6.80. The van der Waals surface area contributed by atoms with Crippen molar-refractivity contribution in [3.63, 3.8) is 0 Å². The lowest BCUT2D eigenvalue weighted by molar-refractivity contribution is -0.136. The number of methoxy groups -OCH3 is 1. The highest BCUT2D eigenvalue weighted by atomic mass is 35.5. The minimum atomic E-state index is -0.385. The number of amides is 1. The van der Waals surface area contributed by atoms with Crippen LogP contribution in [0.1, 0.15) is 31.2 Å². The van der Waals surface area contributed by atoms with E-state index in [0.717, 1.165) is 43.8 Å². The summed E-state index contributed by atoms with van der Waals surface area (Å²) >= 11 is 6.12. The first-order valence-electron chi connectivity index (χ1n) is 8.34. The number of benzene rings is 1. The van der Waals surface area contributed by atoms with E-state index in [1.165, 1.54) is 5.56 Å². The third kappa shape index (κ3) is 3.54. The Labute approximate surface area is 142 Å². The normalized spacial score (nSPS) is 21.7. The zero-order chi connectivity index (χ0) is 16.3. The fourth-order valence-corrected chi connectivity index (χ4v) is 3.78. The molecule has 1 aromatic carbocycles. The average molecular weight is 337 g/mol. The molecule has 1 saturated heterocycles. The van der Waals surface area contributed by atoms with Gasteiger partial charge in [-0.25, -0.2) is 0 Å². The van der Waals surface area contributed by atoms with Crippen molar-refractivity contribution in [2.24, 2.45) is 5.41 Å². The number of piperidine rings is 1. The highest BCUT2D eigenvalue weighted by molar-refractivity contribution is 6.30. The molecule has 1 amide bonds. The third-order valence-electron chi connectivity index (χ3n) is 5.34. The monoisotopic (exact) mass is 336 g/mol. The Hall–Kier alpha value is -1.10. The maximum atomic E-state index is 12.8. The predicted octanol–water partition coefficient (Wildman–Crippen LogP) is 2.50. The Kier molecular flexibility index (Phi) is 4.95. The van der Waals surface area contributed by atoms with Crippen molar-refractivity contribution in [2.45, 2.75) is 31.1 Å². The van der Waals surface area contributed by atoms with Gasteiger partial charge in [0, 0.05) is 24.1 Å². The topological polar surface area (TPSA) is 50.4 Å². The van der Waals surface area contributed by atoms with Crippen LogP contribution >= 0.6 is 11.6 Å². The number of carbonyl (C=O) groups excluding carboxylic acids is 1. The van der Waals surface area contributed by atoms with Crippen LogP contribution in [-0.4, -0.2) is 39.3 Å². The molecule has 0 atom stereocenters. The lowest BCUT2D eigenvalue weighted by Gasteiger charge is -2.36. The molecule has 2 fully saturated rings. The van der Waals surface area contributed by atoms with Crippen LogP contribution in [0.25, 0.3) is 0 Å². The fourth-order valence-electron chi connectivity index (χ4n) is 3.59. The molecular formula is C18H25ClN2O2. The van der Waals surface area contributed by atoms with E-state index in [9.17, 15) is 4.79 Å². The van der Waals surface area contributed by atoms with Crippen LogP contribution < -0.4 is 10.6 Å². The molecule has 3 rings (SSSR count). The number of rotatable bonds is 6. The van der Waals surface area contributed by atoms with Gasteiger partial charge in [-0.05, 0) is 56.5 Å². The predicted molar refractivity (Wildman–Crippen MR) is 91.8 cm³/mol. The van der Waals surface area contributed by atoms with Gasteiger partial charge < -0.3 is 15.4 Å². The molecule has 0 bridgehead atoms. The molecule has 23 heavy (non-hydrogen) atoms. The van der Waals surface area contributed by atoms with Crippen LogP contribution in [0.5, 0.6) is 0 Å². The number of carbonyl (C=O) groups is 1. The number of nitrogens with one attached hydrogen (secondary N) is 2. The van der Waals surface area contributed by atoms with Crippen molar-refractivity contribution in [2.75, 3.05) is 33.4 Å². The quantitative estimate of drug-likeness (QED) is 0.839. The average Bonchev–Trinajstić information content (AvgIpc) is 3.35. The highest BCUT2D eigenvalue weighted by Crippen LogP contribution is 2.48. The number of hydrogen-bond acceptors (Lipinski definition) is 3. The van der Waals surface area contributed by atoms with Crippen LogP contribution in [0.4, 0.5) is 0 Å². The zero-order valence-corrected chi connectivity index (χ0v) is 14.4. The van der Waals surface area contributed by atoms with Crippen molar-refractivity contribution in [1.29, 1.82) is 0 Å². The van der Waals surface area contributed by atoms with Gasteiger partial charge in [-0.3, -0.25) is 4.79 Å². The Morgan fingerprint density at radius 1 is 1.30 bits per heavy atom. The SMILES string of the molecule is COCC1(C(=O)NCC2(c3cccc(Cl)c3)CC2)CCNCC1. The zero-order valence-electron chi connectivity index (χ0n) is 13.7. The van der Waals surface area contributed by atoms with Crippen LogP contribution in [0.2, 0.25) is 5.02 Å². The summed E-state index contributed by atoms with van der Waals surface area (Å²) in [6.07, 6.45) is 3.87. The summed E-state index contributed by atoms with van der Waals surface area (Å²) in [5, 5.41) is 7.29. The van der Waals surface area contributed by atoms with Gasteiger partial charge in [0.25, 0.3) is 0 Å². The first-order chi connectivity index (χ1) is 11.1. The molecule has 0 unspecified atom stereocenters. The molecule has 2 N–H and O–H groups in total. The second-order valence-corrected chi connectivity index (χ2v) is 7.37. The molecule has 126 valence electrons. The van der Waals surface area contributed by atoms with Gasteiger partial charge in [-0.15, -0.1) is 0 Å². The standard InChI is InChI=1S/C18H25ClN2O2/c1-23-13-18(7-9-20-10-8-18)16(22)21-12-17(5-6-17)14-3-2-4-15(19)11-14/h2-4,11,20H,5-10,12-13H2,1H3,(H,21,22). The molecule has 0 aromatic heterocycles. The summed E-state index contributed by atoms with van der Waals surface area (Å²) in [4.78, 5) is 12.8. The van der Waals surface area contributed by atoms with E-state index >= 15 is 0 Å². The van der Waals surface area contributed by atoms with Crippen LogP contribution in [0.15, 0.2) is 24.3 Å². The van der Waals surface area contributed by atoms with Gasteiger partial charge in [-0.2, -0.15) is 0 Å². The molecule has 0 radical (unpaired) electrons. The fraction of sp³-hybridized carbons (Fsp3) is 0.611. The molecule has 0 spiro atoms. The molecule has 1 aliphatic heterocycles. The van der Waals surface area contributed by atoms with E-state index in [1.807, 2.05) is 18.2 Å². The van der Waals surface area contributed by atoms with E-state index in [2.05, 4.69) is 16.7 Å². The maximum Gasteiger partial charge on any atom is 0.228 e. The number of hydrogen-bond donors (Lipinski definition) is 2. The van der Waals surface area contributed by atoms with Crippen molar-refractivity contribution >= 4 is 17.5 Å². The van der Waals surface area contributed by atoms with E-state index in [4.69, 9.17) is 16.3 Å². The molecule has 5 heteroatoms.